The van der Waals surface area contributed by atoms with Gasteiger partial charge in [-0.15, -0.1) is 0 Å². The van der Waals surface area contributed by atoms with Crippen molar-refractivity contribution >= 4 is 11.6 Å². The molecule has 104 valence electrons. The minimum absolute atomic E-state index is 0.0946. The van der Waals surface area contributed by atoms with E-state index in [1.165, 1.54) is 10.5 Å². The van der Waals surface area contributed by atoms with E-state index in [1.807, 2.05) is 18.2 Å². The Morgan fingerprint density at radius 1 is 1.20 bits per heavy atom. The third-order valence-corrected chi connectivity index (χ3v) is 2.88. The maximum Gasteiger partial charge on any atom is 0.272 e. The quantitative estimate of drug-likeness (QED) is 0.900. The molecular formula is C15H18N4O. The second-order valence-electron chi connectivity index (χ2n) is 4.66. The molecule has 0 saturated heterocycles. The monoisotopic (exact) mass is 270 g/mol. The van der Waals surface area contributed by atoms with Crippen molar-refractivity contribution in [2.75, 3.05) is 26.0 Å². The number of amides is 1. The maximum absolute atomic E-state index is 11.8. The summed E-state index contributed by atoms with van der Waals surface area (Å²) < 4.78 is 0. The van der Waals surface area contributed by atoms with Gasteiger partial charge in [0.15, 0.2) is 0 Å². The molecule has 0 aliphatic carbocycles. The van der Waals surface area contributed by atoms with Crippen molar-refractivity contribution in [3.8, 4) is 0 Å². The van der Waals surface area contributed by atoms with E-state index in [0.29, 0.717) is 5.69 Å². The zero-order valence-electron chi connectivity index (χ0n) is 11.7. The van der Waals surface area contributed by atoms with Crippen LogP contribution in [-0.2, 0) is 6.42 Å². The first kappa shape index (κ1) is 14.0. The Bertz CT molecular complexity index is 569. The molecule has 2 aromatic heterocycles. The van der Waals surface area contributed by atoms with Gasteiger partial charge >= 0.3 is 0 Å². The fourth-order valence-corrected chi connectivity index (χ4v) is 1.79. The molecule has 0 radical (unpaired) electrons. The lowest BCUT2D eigenvalue weighted by molar-refractivity contribution is 0.0822. The minimum atomic E-state index is -0.0946. The van der Waals surface area contributed by atoms with Gasteiger partial charge in [0.1, 0.15) is 5.69 Å². The summed E-state index contributed by atoms with van der Waals surface area (Å²) in [4.78, 5) is 21.4. The third kappa shape index (κ3) is 3.78. The van der Waals surface area contributed by atoms with Crippen molar-refractivity contribution in [3.05, 3.63) is 54.1 Å². The molecule has 0 saturated carbocycles. The maximum atomic E-state index is 11.8. The van der Waals surface area contributed by atoms with E-state index in [1.54, 1.807) is 38.8 Å². The molecule has 5 heteroatoms. The Balaban J connectivity index is 1.93. The van der Waals surface area contributed by atoms with Gasteiger partial charge in [0.2, 0.25) is 0 Å². The predicted molar refractivity (Wildman–Crippen MR) is 78.7 cm³/mol. The summed E-state index contributed by atoms with van der Waals surface area (Å²) in [6.07, 6.45) is 6.12. The normalized spacial score (nSPS) is 10.1. The van der Waals surface area contributed by atoms with Gasteiger partial charge in [0.05, 0.1) is 0 Å². The van der Waals surface area contributed by atoms with Crippen LogP contribution in [0.2, 0.25) is 0 Å². The zero-order chi connectivity index (χ0) is 14.4. The molecule has 0 atom stereocenters. The topological polar surface area (TPSA) is 58.1 Å². The highest BCUT2D eigenvalue weighted by Crippen LogP contribution is 2.09. The highest BCUT2D eigenvalue weighted by Gasteiger charge is 2.09. The van der Waals surface area contributed by atoms with E-state index < -0.39 is 0 Å². The molecule has 5 nitrogen and oxygen atoms in total. The summed E-state index contributed by atoms with van der Waals surface area (Å²) in [5.74, 6) is -0.0946. The Hall–Kier alpha value is -2.43. The number of hydrogen-bond donors (Lipinski definition) is 1. The molecule has 2 heterocycles. The molecule has 1 amide bonds. The molecule has 0 aliphatic heterocycles. The standard InChI is InChI=1S/C15H18N4O/c1-19(2)15(20)14-11-13(6-10-18-14)17-9-5-12-3-7-16-8-4-12/h3-4,6-8,10-11H,5,9H2,1-2H3,(H,17,18). The smallest absolute Gasteiger partial charge is 0.272 e. The number of pyridine rings is 2. The van der Waals surface area contributed by atoms with Gasteiger partial charge in [0, 0.05) is 44.9 Å². The summed E-state index contributed by atoms with van der Waals surface area (Å²) >= 11 is 0. The number of aromatic nitrogens is 2. The van der Waals surface area contributed by atoms with Crippen LogP contribution in [0, 0.1) is 0 Å². The SMILES string of the molecule is CN(C)C(=O)c1cc(NCCc2ccncc2)ccn1. The van der Waals surface area contributed by atoms with Gasteiger partial charge in [-0.1, -0.05) is 0 Å². The summed E-state index contributed by atoms with van der Waals surface area (Å²) in [6.45, 7) is 0.795. The van der Waals surface area contributed by atoms with Gasteiger partial charge in [-0.3, -0.25) is 14.8 Å². The van der Waals surface area contributed by atoms with Crippen LogP contribution in [0.25, 0.3) is 0 Å². The van der Waals surface area contributed by atoms with Crippen molar-refractivity contribution in [2.45, 2.75) is 6.42 Å². The Labute approximate surface area is 118 Å². The second kappa shape index (κ2) is 6.65. The molecule has 0 aliphatic rings. The largest absolute Gasteiger partial charge is 0.385 e. The zero-order valence-corrected chi connectivity index (χ0v) is 11.7. The van der Waals surface area contributed by atoms with Gasteiger partial charge in [0.25, 0.3) is 5.91 Å². The molecule has 1 N–H and O–H groups in total. The van der Waals surface area contributed by atoms with Gasteiger partial charge in [-0.2, -0.15) is 0 Å². The Morgan fingerprint density at radius 2 is 1.95 bits per heavy atom. The second-order valence-corrected chi connectivity index (χ2v) is 4.66. The number of carbonyl (C=O) groups excluding carboxylic acids is 1. The van der Waals surface area contributed by atoms with E-state index in [0.717, 1.165) is 18.7 Å². The number of nitrogens with zero attached hydrogens (tertiary/aromatic N) is 3. The first-order valence-corrected chi connectivity index (χ1v) is 6.47. The lowest BCUT2D eigenvalue weighted by atomic mass is 10.2. The van der Waals surface area contributed by atoms with Crippen molar-refractivity contribution in [2.24, 2.45) is 0 Å². The molecule has 0 spiro atoms. The number of hydrogen-bond acceptors (Lipinski definition) is 4. The third-order valence-electron chi connectivity index (χ3n) is 2.88. The number of anilines is 1. The van der Waals surface area contributed by atoms with Crippen LogP contribution >= 0.6 is 0 Å². The molecule has 0 aromatic carbocycles. The fraction of sp³-hybridized carbons (Fsp3) is 0.267. The predicted octanol–water partition coefficient (Wildman–Crippen LogP) is 1.83. The van der Waals surface area contributed by atoms with Crippen LogP contribution in [0.1, 0.15) is 16.1 Å². The molecule has 0 bridgehead atoms. The molecular weight excluding hydrogens is 252 g/mol. The van der Waals surface area contributed by atoms with E-state index in [9.17, 15) is 4.79 Å². The molecule has 0 unspecified atom stereocenters. The lowest BCUT2D eigenvalue weighted by Crippen LogP contribution is -2.22. The van der Waals surface area contributed by atoms with Crippen LogP contribution in [0.3, 0.4) is 0 Å². The van der Waals surface area contributed by atoms with Gasteiger partial charge in [-0.05, 0) is 36.2 Å². The number of nitrogens with one attached hydrogen (secondary N) is 1. The first-order chi connectivity index (χ1) is 9.66. The summed E-state index contributed by atoms with van der Waals surface area (Å²) in [5.41, 5.74) is 2.58. The molecule has 2 rings (SSSR count). The van der Waals surface area contributed by atoms with Crippen molar-refractivity contribution in [1.29, 1.82) is 0 Å². The number of carbonyl (C=O) groups is 1. The molecule has 20 heavy (non-hydrogen) atoms. The number of rotatable bonds is 5. The van der Waals surface area contributed by atoms with E-state index in [4.69, 9.17) is 0 Å². The average molecular weight is 270 g/mol. The summed E-state index contributed by atoms with van der Waals surface area (Å²) in [7, 11) is 3.43. The van der Waals surface area contributed by atoms with Crippen molar-refractivity contribution in [1.82, 2.24) is 14.9 Å². The van der Waals surface area contributed by atoms with E-state index >= 15 is 0 Å². The first-order valence-electron chi connectivity index (χ1n) is 6.47. The van der Waals surface area contributed by atoms with Crippen LogP contribution in [0.5, 0.6) is 0 Å². The Kier molecular flexibility index (Phi) is 4.65. The fourth-order valence-electron chi connectivity index (χ4n) is 1.79. The van der Waals surface area contributed by atoms with E-state index in [-0.39, 0.29) is 5.91 Å². The average Bonchev–Trinajstić information content (AvgIpc) is 2.48. The van der Waals surface area contributed by atoms with Crippen LogP contribution < -0.4 is 5.32 Å². The minimum Gasteiger partial charge on any atom is -0.385 e. The highest BCUT2D eigenvalue weighted by atomic mass is 16.2. The molecule has 0 fully saturated rings. The van der Waals surface area contributed by atoms with Crippen LogP contribution in [-0.4, -0.2) is 41.4 Å². The van der Waals surface area contributed by atoms with Crippen LogP contribution in [0.4, 0.5) is 5.69 Å². The summed E-state index contributed by atoms with van der Waals surface area (Å²) in [5, 5.41) is 3.30. The summed E-state index contributed by atoms with van der Waals surface area (Å²) in [6, 6.07) is 7.62. The van der Waals surface area contributed by atoms with Crippen LogP contribution in [0.15, 0.2) is 42.9 Å². The lowest BCUT2D eigenvalue weighted by Gasteiger charge is -2.11. The Morgan fingerprint density at radius 3 is 2.65 bits per heavy atom. The van der Waals surface area contributed by atoms with E-state index in [2.05, 4.69) is 15.3 Å². The van der Waals surface area contributed by atoms with Crippen molar-refractivity contribution in [3.63, 3.8) is 0 Å². The van der Waals surface area contributed by atoms with Gasteiger partial charge < -0.3 is 10.2 Å². The van der Waals surface area contributed by atoms with Crippen molar-refractivity contribution < 1.29 is 4.79 Å². The molecule has 2 aromatic rings. The highest BCUT2D eigenvalue weighted by molar-refractivity contribution is 5.92. The van der Waals surface area contributed by atoms with Gasteiger partial charge in [-0.25, -0.2) is 0 Å².